The Balaban J connectivity index is 1.72. The van der Waals surface area contributed by atoms with E-state index in [9.17, 15) is 13.6 Å². The summed E-state index contributed by atoms with van der Waals surface area (Å²) in [5.74, 6) is -0.724. The lowest BCUT2D eigenvalue weighted by Gasteiger charge is -2.25. The SMILES string of the molecule is O=c1cc(Cn2c(C3CCC3)nc3ncccc32)c2ccc(F)c(F)c2[nH]1. The van der Waals surface area contributed by atoms with Crippen LogP contribution in [0.25, 0.3) is 22.1 Å². The minimum atomic E-state index is -1.04. The maximum absolute atomic E-state index is 14.2. The van der Waals surface area contributed by atoms with Crippen LogP contribution in [0, 0.1) is 11.6 Å². The fraction of sp³-hybridized carbons (Fsp3) is 0.250. The van der Waals surface area contributed by atoms with E-state index in [4.69, 9.17) is 4.98 Å². The first-order valence-corrected chi connectivity index (χ1v) is 8.93. The van der Waals surface area contributed by atoms with Crippen LogP contribution in [0.3, 0.4) is 0 Å². The van der Waals surface area contributed by atoms with E-state index in [0.717, 1.165) is 30.2 Å². The highest BCUT2D eigenvalue weighted by Crippen LogP contribution is 2.37. The molecule has 1 saturated carbocycles. The molecule has 5 rings (SSSR count). The first-order chi connectivity index (χ1) is 13.1. The highest BCUT2D eigenvalue weighted by Gasteiger charge is 2.26. The second-order valence-corrected chi connectivity index (χ2v) is 6.97. The van der Waals surface area contributed by atoms with Crippen LogP contribution in [0.15, 0.2) is 41.3 Å². The van der Waals surface area contributed by atoms with Gasteiger partial charge in [0, 0.05) is 23.6 Å². The second kappa shape index (κ2) is 5.97. The van der Waals surface area contributed by atoms with E-state index in [1.807, 2.05) is 16.7 Å². The molecule has 27 heavy (non-hydrogen) atoms. The Morgan fingerprint density at radius 3 is 2.85 bits per heavy atom. The van der Waals surface area contributed by atoms with Gasteiger partial charge in [-0.15, -0.1) is 0 Å². The first kappa shape index (κ1) is 16.1. The lowest BCUT2D eigenvalue weighted by Crippen LogP contribution is -2.17. The number of imidazole rings is 1. The largest absolute Gasteiger partial charge is 0.322 e. The molecule has 0 radical (unpaired) electrons. The predicted molar refractivity (Wildman–Crippen MR) is 97.7 cm³/mol. The topological polar surface area (TPSA) is 63.6 Å². The quantitative estimate of drug-likeness (QED) is 0.599. The molecule has 0 spiro atoms. The van der Waals surface area contributed by atoms with Gasteiger partial charge in [0.2, 0.25) is 5.56 Å². The highest BCUT2D eigenvalue weighted by atomic mass is 19.2. The first-order valence-electron chi connectivity index (χ1n) is 8.93. The van der Waals surface area contributed by atoms with E-state index in [2.05, 4.69) is 9.97 Å². The summed E-state index contributed by atoms with van der Waals surface area (Å²) in [5, 5.41) is 0.485. The molecule has 136 valence electrons. The summed E-state index contributed by atoms with van der Waals surface area (Å²) in [6.07, 6.45) is 5.00. The Kier molecular flexibility index (Phi) is 3.56. The molecule has 1 aliphatic rings. The van der Waals surface area contributed by atoms with Gasteiger partial charge >= 0.3 is 0 Å². The van der Waals surface area contributed by atoms with Crippen LogP contribution >= 0.6 is 0 Å². The van der Waals surface area contributed by atoms with Crippen molar-refractivity contribution >= 4 is 22.1 Å². The van der Waals surface area contributed by atoms with Gasteiger partial charge < -0.3 is 9.55 Å². The Morgan fingerprint density at radius 1 is 1.22 bits per heavy atom. The number of hydrogen-bond acceptors (Lipinski definition) is 3. The molecule has 5 nitrogen and oxygen atoms in total. The summed E-state index contributed by atoms with van der Waals surface area (Å²) in [6, 6.07) is 7.80. The maximum atomic E-state index is 14.2. The van der Waals surface area contributed by atoms with Crippen molar-refractivity contribution < 1.29 is 8.78 Å². The van der Waals surface area contributed by atoms with E-state index in [0.29, 0.717) is 29.1 Å². The van der Waals surface area contributed by atoms with Gasteiger partial charge in [-0.3, -0.25) is 4.79 Å². The van der Waals surface area contributed by atoms with E-state index < -0.39 is 17.2 Å². The van der Waals surface area contributed by atoms with Gasteiger partial charge in [0.15, 0.2) is 17.3 Å². The number of H-pyrrole nitrogens is 1. The summed E-state index contributed by atoms with van der Waals surface area (Å²) in [6.45, 7) is 0.347. The lowest BCUT2D eigenvalue weighted by molar-refractivity contribution is 0.392. The third kappa shape index (κ3) is 2.53. The summed E-state index contributed by atoms with van der Waals surface area (Å²) in [7, 11) is 0. The zero-order valence-electron chi connectivity index (χ0n) is 14.4. The average molecular weight is 366 g/mol. The molecule has 1 aliphatic carbocycles. The molecule has 7 heteroatoms. The number of aromatic amines is 1. The Morgan fingerprint density at radius 2 is 2.07 bits per heavy atom. The molecule has 0 aliphatic heterocycles. The third-order valence-electron chi connectivity index (χ3n) is 5.35. The molecule has 3 heterocycles. The van der Waals surface area contributed by atoms with Crippen molar-refractivity contribution in [1.82, 2.24) is 19.5 Å². The molecule has 3 aromatic heterocycles. The number of rotatable bonds is 3. The van der Waals surface area contributed by atoms with Crippen molar-refractivity contribution in [3.05, 3.63) is 69.9 Å². The van der Waals surface area contributed by atoms with Gasteiger partial charge in [-0.1, -0.05) is 6.42 Å². The molecular weight excluding hydrogens is 350 g/mol. The van der Waals surface area contributed by atoms with Gasteiger partial charge in [-0.25, -0.2) is 18.7 Å². The van der Waals surface area contributed by atoms with Crippen LogP contribution in [0.5, 0.6) is 0 Å². The Hall–Kier alpha value is -3.09. The number of halogens is 2. The molecule has 1 N–H and O–H groups in total. The Bertz CT molecular complexity index is 1240. The van der Waals surface area contributed by atoms with Gasteiger partial charge in [-0.2, -0.15) is 0 Å². The molecular formula is C20H16F2N4O. The third-order valence-corrected chi connectivity index (χ3v) is 5.35. The van der Waals surface area contributed by atoms with Crippen LogP contribution in [0.2, 0.25) is 0 Å². The molecule has 0 unspecified atom stereocenters. The minimum Gasteiger partial charge on any atom is -0.322 e. The van der Waals surface area contributed by atoms with Gasteiger partial charge in [0.1, 0.15) is 5.82 Å². The fourth-order valence-electron chi connectivity index (χ4n) is 3.76. The second-order valence-electron chi connectivity index (χ2n) is 6.97. The maximum Gasteiger partial charge on any atom is 0.248 e. The minimum absolute atomic E-state index is 0.106. The number of nitrogens with zero attached hydrogens (tertiary/aromatic N) is 3. The molecule has 4 aromatic rings. The van der Waals surface area contributed by atoms with Crippen LogP contribution in [0.1, 0.15) is 36.6 Å². The monoisotopic (exact) mass is 366 g/mol. The summed E-state index contributed by atoms with van der Waals surface area (Å²) < 4.78 is 29.8. The molecule has 0 amide bonds. The highest BCUT2D eigenvalue weighted by molar-refractivity contribution is 5.83. The number of benzene rings is 1. The van der Waals surface area contributed by atoms with Gasteiger partial charge in [-0.05, 0) is 42.7 Å². The normalized spacial score (nSPS) is 14.7. The summed E-state index contributed by atoms with van der Waals surface area (Å²) in [4.78, 5) is 23.5. The molecule has 0 saturated heterocycles. The summed E-state index contributed by atoms with van der Waals surface area (Å²) >= 11 is 0. The van der Waals surface area contributed by atoms with Crippen molar-refractivity contribution in [2.45, 2.75) is 31.7 Å². The number of hydrogen-bond donors (Lipinski definition) is 1. The zero-order chi connectivity index (χ0) is 18.5. The van der Waals surface area contributed by atoms with Crippen molar-refractivity contribution in [3.63, 3.8) is 0 Å². The molecule has 1 aromatic carbocycles. The lowest BCUT2D eigenvalue weighted by atomic mass is 9.85. The summed E-state index contributed by atoms with van der Waals surface area (Å²) in [5.41, 5.74) is 1.58. The average Bonchev–Trinajstić information content (AvgIpc) is 2.95. The van der Waals surface area contributed by atoms with E-state index >= 15 is 0 Å². The number of pyridine rings is 2. The van der Waals surface area contributed by atoms with Crippen molar-refractivity contribution in [1.29, 1.82) is 0 Å². The van der Waals surface area contributed by atoms with E-state index in [-0.39, 0.29) is 5.52 Å². The number of aromatic nitrogens is 4. The van der Waals surface area contributed by atoms with Crippen molar-refractivity contribution in [2.24, 2.45) is 0 Å². The van der Waals surface area contributed by atoms with Crippen LogP contribution in [-0.4, -0.2) is 19.5 Å². The van der Waals surface area contributed by atoms with Crippen LogP contribution in [-0.2, 0) is 6.54 Å². The molecule has 0 atom stereocenters. The fourth-order valence-corrected chi connectivity index (χ4v) is 3.76. The zero-order valence-corrected chi connectivity index (χ0v) is 14.4. The van der Waals surface area contributed by atoms with Gasteiger partial charge in [0.25, 0.3) is 0 Å². The number of nitrogens with one attached hydrogen (secondary N) is 1. The van der Waals surface area contributed by atoms with Crippen molar-refractivity contribution in [3.8, 4) is 0 Å². The van der Waals surface area contributed by atoms with Crippen LogP contribution in [0.4, 0.5) is 8.78 Å². The predicted octanol–water partition coefficient (Wildman–Crippen LogP) is 3.87. The Labute approximate surface area is 152 Å². The van der Waals surface area contributed by atoms with E-state index in [1.54, 1.807) is 6.20 Å². The number of fused-ring (bicyclic) bond motifs is 2. The molecule has 1 fully saturated rings. The van der Waals surface area contributed by atoms with E-state index in [1.165, 1.54) is 18.6 Å². The standard InChI is InChI=1S/C20H16F2N4O/c21-14-7-6-13-12(9-16(27)24-18(13)17(14)22)10-26-15-5-2-8-23-19(15)25-20(26)11-3-1-4-11/h2,5-9,11H,1,3-4,10H2,(H,24,27). The smallest absolute Gasteiger partial charge is 0.248 e. The van der Waals surface area contributed by atoms with Gasteiger partial charge in [0.05, 0.1) is 17.6 Å². The molecule has 0 bridgehead atoms. The van der Waals surface area contributed by atoms with Crippen molar-refractivity contribution in [2.75, 3.05) is 0 Å². The van der Waals surface area contributed by atoms with Crippen LogP contribution < -0.4 is 5.56 Å².